The number of hydrogen-bond donors (Lipinski definition) is 2. The van der Waals surface area contributed by atoms with Crippen LogP contribution in [0.5, 0.6) is 0 Å². The van der Waals surface area contributed by atoms with Gasteiger partial charge in [0.05, 0.1) is 19.3 Å². The molecule has 1 heterocycles. The van der Waals surface area contributed by atoms with Gasteiger partial charge in [-0.25, -0.2) is 0 Å². The number of amides is 1. The number of likely N-dealkylation sites (tertiary alicyclic amines) is 1. The Kier molecular flexibility index (Phi) is 9.09. The molecule has 1 aromatic rings. The van der Waals surface area contributed by atoms with E-state index in [2.05, 4.69) is 27.7 Å². The van der Waals surface area contributed by atoms with Crippen LogP contribution in [0.1, 0.15) is 44.2 Å². The molecule has 0 bridgehead atoms. The largest absolute Gasteiger partial charge is 0.374 e. The van der Waals surface area contributed by atoms with Crippen molar-refractivity contribution in [2.45, 2.75) is 52.4 Å². The fourth-order valence-corrected chi connectivity index (χ4v) is 3.36. The van der Waals surface area contributed by atoms with E-state index < -0.39 is 0 Å². The standard InChI is InChI=1S/C21H35N3O2/c1-17(2)26-16-20-7-5-4-6-19(20)14-23-21(25)15-24-12-9-18(10-13-24)8-11-22-3/h4-7,17-18,22H,8-16H2,1-3H3,(H,23,25). The van der Waals surface area contributed by atoms with E-state index in [4.69, 9.17) is 4.74 Å². The Morgan fingerprint density at radius 3 is 2.58 bits per heavy atom. The number of rotatable bonds is 10. The SMILES string of the molecule is CNCCC1CCN(CC(=O)NCc2ccccc2COC(C)C)CC1. The van der Waals surface area contributed by atoms with E-state index in [-0.39, 0.29) is 12.0 Å². The van der Waals surface area contributed by atoms with Crippen molar-refractivity contribution in [3.8, 4) is 0 Å². The van der Waals surface area contributed by atoms with Crippen LogP contribution in [0, 0.1) is 5.92 Å². The summed E-state index contributed by atoms with van der Waals surface area (Å²) in [5.74, 6) is 0.910. The molecule has 5 heteroatoms. The van der Waals surface area contributed by atoms with Crippen molar-refractivity contribution in [2.75, 3.05) is 33.2 Å². The zero-order chi connectivity index (χ0) is 18.8. The number of nitrogens with zero attached hydrogens (tertiary/aromatic N) is 1. The molecule has 1 saturated heterocycles. The van der Waals surface area contributed by atoms with Crippen molar-refractivity contribution in [3.05, 3.63) is 35.4 Å². The third-order valence-corrected chi connectivity index (χ3v) is 5.04. The topological polar surface area (TPSA) is 53.6 Å². The highest BCUT2D eigenvalue weighted by Crippen LogP contribution is 2.19. The molecule has 0 saturated carbocycles. The fraction of sp³-hybridized carbons (Fsp3) is 0.667. The van der Waals surface area contributed by atoms with Gasteiger partial charge in [0.15, 0.2) is 0 Å². The van der Waals surface area contributed by atoms with Crippen molar-refractivity contribution in [1.29, 1.82) is 0 Å². The Hall–Kier alpha value is -1.43. The first-order valence-electron chi connectivity index (χ1n) is 9.90. The molecule has 1 aliphatic heterocycles. The molecule has 146 valence electrons. The molecular weight excluding hydrogens is 326 g/mol. The van der Waals surface area contributed by atoms with Crippen LogP contribution in [0.4, 0.5) is 0 Å². The summed E-state index contributed by atoms with van der Waals surface area (Å²) in [6.45, 7) is 8.87. The molecule has 26 heavy (non-hydrogen) atoms. The molecule has 0 atom stereocenters. The molecule has 0 radical (unpaired) electrons. The highest BCUT2D eigenvalue weighted by Gasteiger charge is 2.20. The van der Waals surface area contributed by atoms with E-state index in [9.17, 15) is 4.79 Å². The average Bonchev–Trinajstić information content (AvgIpc) is 2.64. The smallest absolute Gasteiger partial charge is 0.234 e. The Balaban J connectivity index is 1.72. The predicted octanol–water partition coefficient (Wildman–Crippen LogP) is 2.55. The van der Waals surface area contributed by atoms with Crippen molar-refractivity contribution in [3.63, 3.8) is 0 Å². The second-order valence-corrected chi connectivity index (χ2v) is 7.52. The van der Waals surface area contributed by atoms with Crippen molar-refractivity contribution >= 4 is 5.91 Å². The average molecular weight is 362 g/mol. The number of carbonyl (C=O) groups is 1. The molecular formula is C21H35N3O2. The summed E-state index contributed by atoms with van der Waals surface area (Å²) in [6, 6.07) is 8.16. The van der Waals surface area contributed by atoms with E-state index >= 15 is 0 Å². The van der Waals surface area contributed by atoms with Crippen molar-refractivity contribution in [2.24, 2.45) is 5.92 Å². The lowest BCUT2D eigenvalue weighted by Crippen LogP contribution is -2.41. The summed E-state index contributed by atoms with van der Waals surface area (Å²) in [5.41, 5.74) is 2.28. The third-order valence-electron chi connectivity index (χ3n) is 5.04. The molecule has 2 rings (SSSR count). The summed E-state index contributed by atoms with van der Waals surface area (Å²) in [6.07, 6.45) is 3.84. The van der Waals surface area contributed by atoms with Crippen LogP contribution < -0.4 is 10.6 Å². The van der Waals surface area contributed by atoms with Gasteiger partial charge in [-0.3, -0.25) is 9.69 Å². The molecule has 1 aromatic carbocycles. The van der Waals surface area contributed by atoms with Crippen LogP contribution in [0.3, 0.4) is 0 Å². The predicted molar refractivity (Wildman–Crippen MR) is 106 cm³/mol. The molecule has 2 N–H and O–H groups in total. The summed E-state index contributed by atoms with van der Waals surface area (Å²) in [7, 11) is 2.01. The van der Waals surface area contributed by atoms with Gasteiger partial charge in [0.1, 0.15) is 0 Å². The number of hydrogen-bond acceptors (Lipinski definition) is 4. The molecule has 0 unspecified atom stereocenters. The number of nitrogens with one attached hydrogen (secondary N) is 2. The van der Waals surface area contributed by atoms with Gasteiger partial charge in [0, 0.05) is 6.54 Å². The van der Waals surface area contributed by atoms with Crippen LogP contribution in [-0.2, 0) is 22.7 Å². The van der Waals surface area contributed by atoms with Crippen molar-refractivity contribution in [1.82, 2.24) is 15.5 Å². The van der Waals surface area contributed by atoms with E-state index in [1.807, 2.05) is 33.0 Å². The van der Waals surface area contributed by atoms with E-state index in [1.54, 1.807) is 0 Å². The molecule has 1 fully saturated rings. The van der Waals surface area contributed by atoms with Gasteiger partial charge in [0.25, 0.3) is 0 Å². The fourth-order valence-electron chi connectivity index (χ4n) is 3.36. The summed E-state index contributed by atoms with van der Waals surface area (Å²) in [4.78, 5) is 14.6. The van der Waals surface area contributed by atoms with Crippen LogP contribution >= 0.6 is 0 Å². The van der Waals surface area contributed by atoms with E-state index in [0.717, 1.165) is 36.7 Å². The lowest BCUT2D eigenvalue weighted by Gasteiger charge is -2.31. The highest BCUT2D eigenvalue weighted by atomic mass is 16.5. The van der Waals surface area contributed by atoms with Gasteiger partial charge in [0.2, 0.25) is 5.91 Å². The Labute approximate surface area is 158 Å². The lowest BCUT2D eigenvalue weighted by atomic mass is 9.93. The minimum absolute atomic E-state index is 0.109. The molecule has 1 amide bonds. The first-order valence-corrected chi connectivity index (χ1v) is 9.90. The monoisotopic (exact) mass is 361 g/mol. The molecule has 5 nitrogen and oxygen atoms in total. The maximum Gasteiger partial charge on any atom is 0.234 e. The number of carbonyl (C=O) groups excluding carboxylic acids is 1. The number of benzene rings is 1. The second kappa shape index (κ2) is 11.3. The first kappa shape index (κ1) is 20.9. The van der Waals surface area contributed by atoms with Gasteiger partial charge in [-0.1, -0.05) is 24.3 Å². The van der Waals surface area contributed by atoms with E-state index in [1.165, 1.54) is 19.3 Å². The maximum atomic E-state index is 12.3. The van der Waals surface area contributed by atoms with Crippen LogP contribution in [-0.4, -0.2) is 50.1 Å². The number of ether oxygens (including phenoxy) is 1. The highest BCUT2D eigenvalue weighted by molar-refractivity contribution is 5.78. The van der Waals surface area contributed by atoms with Gasteiger partial charge in [-0.05, 0) is 76.8 Å². The Bertz CT molecular complexity index is 540. The zero-order valence-electron chi connectivity index (χ0n) is 16.6. The second-order valence-electron chi connectivity index (χ2n) is 7.52. The molecule has 0 aromatic heterocycles. The Morgan fingerprint density at radius 1 is 1.23 bits per heavy atom. The zero-order valence-corrected chi connectivity index (χ0v) is 16.6. The van der Waals surface area contributed by atoms with Crippen LogP contribution in [0.15, 0.2) is 24.3 Å². The normalized spacial score (nSPS) is 16.2. The van der Waals surface area contributed by atoms with Crippen molar-refractivity contribution < 1.29 is 9.53 Å². The maximum absolute atomic E-state index is 12.3. The lowest BCUT2D eigenvalue weighted by molar-refractivity contribution is -0.122. The van der Waals surface area contributed by atoms with Gasteiger partial charge in [-0.15, -0.1) is 0 Å². The molecule has 1 aliphatic rings. The number of piperidine rings is 1. The summed E-state index contributed by atoms with van der Waals surface area (Å²) >= 11 is 0. The first-order chi connectivity index (χ1) is 12.6. The Morgan fingerprint density at radius 2 is 1.92 bits per heavy atom. The van der Waals surface area contributed by atoms with Gasteiger partial charge in [-0.2, -0.15) is 0 Å². The summed E-state index contributed by atoms with van der Waals surface area (Å²) in [5, 5.41) is 6.30. The van der Waals surface area contributed by atoms with Gasteiger partial charge < -0.3 is 15.4 Å². The van der Waals surface area contributed by atoms with Gasteiger partial charge >= 0.3 is 0 Å². The summed E-state index contributed by atoms with van der Waals surface area (Å²) < 4.78 is 5.71. The minimum Gasteiger partial charge on any atom is -0.374 e. The van der Waals surface area contributed by atoms with Crippen LogP contribution in [0.25, 0.3) is 0 Å². The van der Waals surface area contributed by atoms with Crippen LogP contribution in [0.2, 0.25) is 0 Å². The quantitative estimate of drug-likeness (QED) is 0.672. The third kappa shape index (κ3) is 7.44. The molecule has 0 aliphatic carbocycles. The minimum atomic E-state index is 0.109. The van der Waals surface area contributed by atoms with E-state index in [0.29, 0.717) is 19.7 Å². The molecule has 0 spiro atoms.